The Morgan fingerprint density at radius 2 is 1.83 bits per heavy atom. The van der Waals surface area contributed by atoms with Crippen molar-refractivity contribution in [3.8, 4) is 17.2 Å². The number of halogens is 1. The van der Waals surface area contributed by atoms with Gasteiger partial charge in [0.15, 0.2) is 6.61 Å². The first kappa shape index (κ1) is 16.5. The van der Waals surface area contributed by atoms with Crippen molar-refractivity contribution >= 4 is 11.6 Å². The van der Waals surface area contributed by atoms with E-state index in [0.717, 1.165) is 5.75 Å². The minimum absolute atomic E-state index is 0.0705. The summed E-state index contributed by atoms with van der Waals surface area (Å²) in [7, 11) is 0. The summed E-state index contributed by atoms with van der Waals surface area (Å²) in [5.74, 6) is 1.58. The molecule has 0 amide bonds. The Bertz CT molecular complexity index is 837. The van der Waals surface area contributed by atoms with Crippen molar-refractivity contribution in [3.63, 3.8) is 0 Å². The fraction of sp³-hybridized carbons (Fsp3) is 0.263. The van der Waals surface area contributed by atoms with Gasteiger partial charge in [-0.2, -0.15) is 0 Å². The minimum atomic E-state index is 0.0705. The average Bonchev–Trinajstić information content (AvgIpc) is 3.02. The molecule has 0 N–H and O–H groups in total. The number of nitrogens with zero attached hydrogens (tertiary/aromatic N) is 2. The number of benzene rings is 2. The third kappa shape index (κ3) is 3.77. The molecule has 0 aliphatic rings. The van der Waals surface area contributed by atoms with Crippen LogP contribution in [-0.2, 0) is 12.0 Å². The van der Waals surface area contributed by atoms with E-state index in [0.29, 0.717) is 22.4 Å². The third-order valence-electron chi connectivity index (χ3n) is 3.63. The highest BCUT2D eigenvalue weighted by atomic mass is 35.5. The van der Waals surface area contributed by atoms with Crippen LogP contribution in [0.5, 0.6) is 5.75 Å². The van der Waals surface area contributed by atoms with Gasteiger partial charge in [-0.1, -0.05) is 56.6 Å². The Labute approximate surface area is 146 Å². The van der Waals surface area contributed by atoms with Crippen LogP contribution in [0.2, 0.25) is 5.02 Å². The molecule has 0 aliphatic heterocycles. The van der Waals surface area contributed by atoms with Crippen LogP contribution in [-0.4, -0.2) is 10.2 Å². The van der Waals surface area contributed by atoms with Crippen molar-refractivity contribution in [2.45, 2.75) is 32.8 Å². The lowest BCUT2D eigenvalue weighted by Crippen LogP contribution is -2.11. The predicted octanol–water partition coefficient (Wildman–Crippen LogP) is 5.27. The van der Waals surface area contributed by atoms with Gasteiger partial charge in [0.1, 0.15) is 5.75 Å². The lowest BCUT2D eigenvalue weighted by Gasteiger charge is -2.19. The zero-order valence-corrected chi connectivity index (χ0v) is 14.7. The molecular weight excluding hydrogens is 324 g/mol. The first-order valence-corrected chi connectivity index (χ1v) is 8.12. The molecule has 0 saturated carbocycles. The zero-order valence-electron chi connectivity index (χ0n) is 13.9. The molecule has 2 aromatic carbocycles. The second-order valence-electron chi connectivity index (χ2n) is 6.55. The Kier molecular flexibility index (Phi) is 4.58. The molecule has 0 saturated heterocycles. The van der Waals surface area contributed by atoms with E-state index in [1.807, 2.05) is 36.4 Å². The highest BCUT2D eigenvalue weighted by Gasteiger charge is 2.15. The monoisotopic (exact) mass is 342 g/mol. The number of rotatable bonds is 4. The van der Waals surface area contributed by atoms with Crippen LogP contribution in [0, 0.1) is 0 Å². The van der Waals surface area contributed by atoms with Crippen LogP contribution in [0.1, 0.15) is 32.2 Å². The summed E-state index contributed by atoms with van der Waals surface area (Å²) in [6.45, 7) is 6.71. The SMILES string of the molecule is CC(C)(C)c1cccc(OCc2nnc(-c3ccccc3Cl)o2)c1. The van der Waals surface area contributed by atoms with Crippen LogP contribution < -0.4 is 4.74 Å². The molecule has 3 aromatic rings. The lowest BCUT2D eigenvalue weighted by molar-refractivity contribution is 0.264. The minimum Gasteiger partial charge on any atom is -0.484 e. The summed E-state index contributed by atoms with van der Waals surface area (Å²) < 4.78 is 11.4. The second kappa shape index (κ2) is 6.65. The van der Waals surface area contributed by atoms with Crippen molar-refractivity contribution in [2.24, 2.45) is 0 Å². The maximum Gasteiger partial charge on any atom is 0.254 e. The smallest absolute Gasteiger partial charge is 0.254 e. The van der Waals surface area contributed by atoms with E-state index in [2.05, 4.69) is 37.0 Å². The fourth-order valence-electron chi connectivity index (χ4n) is 2.25. The topological polar surface area (TPSA) is 48.2 Å². The fourth-order valence-corrected chi connectivity index (χ4v) is 2.47. The molecule has 5 heteroatoms. The molecule has 24 heavy (non-hydrogen) atoms. The second-order valence-corrected chi connectivity index (χ2v) is 6.95. The molecule has 0 aliphatic carbocycles. The van der Waals surface area contributed by atoms with Crippen molar-refractivity contribution < 1.29 is 9.15 Å². The molecule has 124 valence electrons. The van der Waals surface area contributed by atoms with Gasteiger partial charge in [-0.05, 0) is 35.2 Å². The number of ether oxygens (including phenoxy) is 1. The molecule has 4 nitrogen and oxygen atoms in total. The van der Waals surface area contributed by atoms with Crippen LogP contribution >= 0.6 is 11.6 Å². The molecular formula is C19H19ClN2O2. The standard InChI is InChI=1S/C19H19ClN2O2/c1-19(2,3)13-7-6-8-14(11-13)23-12-17-21-22-18(24-17)15-9-4-5-10-16(15)20/h4-11H,12H2,1-3H3. The van der Waals surface area contributed by atoms with Crippen LogP contribution in [0.3, 0.4) is 0 Å². The number of aromatic nitrogens is 2. The molecule has 0 bridgehead atoms. The first-order valence-electron chi connectivity index (χ1n) is 7.74. The Morgan fingerprint density at radius 1 is 1.04 bits per heavy atom. The number of hydrogen-bond acceptors (Lipinski definition) is 4. The summed E-state index contributed by atoms with van der Waals surface area (Å²) in [6, 6.07) is 15.4. The maximum absolute atomic E-state index is 6.14. The third-order valence-corrected chi connectivity index (χ3v) is 3.96. The predicted molar refractivity (Wildman–Crippen MR) is 94.2 cm³/mol. The molecule has 0 fully saturated rings. The summed E-state index contributed by atoms with van der Waals surface area (Å²) in [5.41, 5.74) is 2.00. The van der Waals surface area contributed by atoms with Gasteiger partial charge in [0, 0.05) is 0 Å². The van der Waals surface area contributed by atoms with Gasteiger partial charge in [-0.3, -0.25) is 0 Å². The lowest BCUT2D eigenvalue weighted by atomic mass is 9.87. The summed E-state index contributed by atoms with van der Waals surface area (Å²) in [6.07, 6.45) is 0. The number of hydrogen-bond donors (Lipinski definition) is 0. The quantitative estimate of drug-likeness (QED) is 0.648. The first-order chi connectivity index (χ1) is 11.4. The molecule has 0 spiro atoms. The van der Waals surface area contributed by atoms with E-state index in [9.17, 15) is 0 Å². The molecule has 0 atom stereocenters. The van der Waals surface area contributed by atoms with E-state index in [1.54, 1.807) is 6.07 Å². The highest BCUT2D eigenvalue weighted by Crippen LogP contribution is 2.28. The molecule has 1 heterocycles. The van der Waals surface area contributed by atoms with Gasteiger partial charge >= 0.3 is 0 Å². The van der Waals surface area contributed by atoms with E-state index in [-0.39, 0.29) is 12.0 Å². The summed E-state index contributed by atoms with van der Waals surface area (Å²) >= 11 is 6.14. The van der Waals surface area contributed by atoms with Gasteiger partial charge in [0.05, 0.1) is 10.6 Å². The zero-order chi connectivity index (χ0) is 17.2. The van der Waals surface area contributed by atoms with E-state index < -0.39 is 0 Å². The van der Waals surface area contributed by atoms with E-state index >= 15 is 0 Å². The van der Waals surface area contributed by atoms with Gasteiger partial charge in [0.25, 0.3) is 5.89 Å². The Balaban J connectivity index is 1.71. The molecule has 0 unspecified atom stereocenters. The Hall–Kier alpha value is -2.33. The average molecular weight is 343 g/mol. The summed E-state index contributed by atoms with van der Waals surface area (Å²) in [4.78, 5) is 0. The largest absolute Gasteiger partial charge is 0.484 e. The van der Waals surface area contributed by atoms with E-state index in [4.69, 9.17) is 20.8 Å². The van der Waals surface area contributed by atoms with E-state index in [1.165, 1.54) is 5.56 Å². The van der Waals surface area contributed by atoms with Gasteiger partial charge in [-0.15, -0.1) is 10.2 Å². The molecule has 3 rings (SSSR count). The normalized spacial score (nSPS) is 11.5. The van der Waals surface area contributed by atoms with Gasteiger partial charge in [0.2, 0.25) is 5.89 Å². The van der Waals surface area contributed by atoms with Crippen LogP contribution in [0.25, 0.3) is 11.5 Å². The van der Waals surface area contributed by atoms with Crippen LogP contribution in [0.4, 0.5) is 0 Å². The highest BCUT2D eigenvalue weighted by molar-refractivity contribution is 6.33. The molecule has 0 radical (unpaired) electrons. The van der Waals surface area contributed by atoms with Gasteiger partial charge in [-0.25, -0.2) is 0 Å². The van der Waals surface area contributed by atoms with Crippen molar-refractivity contribution in [1.29, 1.82) is 0 Å². The van der Waals surface area contributed by atoms with Crippen molar-refractivity contribution in [1.82, 2.24) is 10.2 Å². The summed E-state index contributed by atoms with van der Waals surface area (Å²) in [5, 5.41) is 8.63. The van der Waals surface area contributed by atoms with Crippen molar-refractivity contribution in [2.75, 3.05) is 0 Å². The molecule has 1 aromatic heterocycles. The van der Waals surface area contributed by atoms with Crippen molar-refractivity contribution in [3.05, 3.63) is 65.0 Å². The Morgan fingerprint density at radius 3 is 2.58 bits per heavy atom. The van der Waals surface area contributed by atoms with Crippen LogP contribution in [0.15, 0.2) is 52.9 Å². The maximum atomic E-state index is 6.14. The van der Waals surface area contributed by atoms with Gasteiger partial charge < -0.3 is 9.15 Å².